The van der Waals surface area contributed by atoms with Crippen molar-refractivity contribution in [2.75, 3.05) is 24.4 Å². The molecule has 2 amide bonds. The number of amides is 2. The first-order valence-electron chi connectivity index (χ1n) is 8.37. The highest BCUT2D eigenvalue weighted by Crippen LogP contribution is 2.17. The van der Waals surface area contributed by atoms with Crippen molar-refractivity contribution in [2.45, 2.75) is 6.92 Å². The van der Waals surface area contributed by atoms with E-state index in [1.165, 1.54) is 7.11 Å². The molecule has 0 bridgehead atoms. The summed E-state index contributed by atoms with van der Waals surface area (Å²) in [5, 5.41) is 9.77. The molecule has 7 heteroatoms. The lowest BCUT2D eigenvalue weighted by atomic mass is 10.2. The van der Waals surface area contributed by atoms with Gasteiger partial charge in [0, 0.05) is 30.2 Å². The van der Waals surface area contributed by atoms with Gasteiger partial charge in [-0.1, -0.05) is 6.07 Å². The molecule has 2 N–H and O–H groups in total. The van der Waals surface area contributed by atoms with Gasteiger partial charge in [-0.15, -0.1) is 0 Å². The van der Waals surface area contributed by atoms with Crippen LogP contribution in [0.1, 0.15) is 15.9 Å². The molecule has 7 nitrogen and oxygen atoms in total. The van der Waals surface area contributed by atoms with Crippen LogP contribution in [0.2, 0.25) is 0 Å². The van der Waals surface area contributed by atoms with Crippen LogP contribution in [0.3, 0.4) is 0 Å². The molecule has 0 aliphatic rings. The van der Waals surface area contributed by atoms with E-state index in [9.17, 15) is 9.59 Å². The van der Waals surface area contributed by atoms with Gasteiger partial charge in [0.15, 0.2) is 0 Å². The lowest BCUT2D eigenvalue weighted by Gasteiger charge is -2.09. The van der Waals surface area contributed by atoms with Gasteiger partial charge in [0.05, 0.1) is 11.9 Å². The van der Waals surface area contributed by atoms with E-state index in [-0.39, 0.29) is 18.4 Å². The topological polar surface area (TPSA) is 85.3 Å². The standard InChI is InChI=1S/C20H20N4O3/c1-14-11-21-24(12-14)18-8-6-15(7-9-18)20(26)23-17-5-3-4-16(10-17)22-19(25)13-27-2/h3-12H,13H2,1-2H3,(H,22,25)(H,23,26). The van der Waals surface area contributed by atoms with Crippen LogP contribution in [0.5, 0.6) is 0 Å². The number of nitrogens with one attached hydrogen (secondary N) is 2. The zero-order valence-corrected chi connectivity index (χ0v) is 15.1. The smallest absolute Gasteiger partial charge is 0.255 e. The second-order valence-electron chi connectivity index (χ2n) is 6.03. The maximum Gasteiger partial charge on any atom is 0.255 e. The van der Waals surface area contributed by atoms with E-state index in [0.717, 1.165) is 11.3 Å². The lowest BCUT2D eigenvalue weighted by molar-refractivity contribution is -0.119. The number of nitrogens with zero attached hydrogens (tertiary/aromatic N) is 2. The number of anilines is 2. The molecule has 1 aromatic heterocycles. The minimum atomic E-state index is -0.259. The summed E-state index contributed by atoms with van der Waals surface area (Å²) in [6.07, 6.45) is 3.69. The highest BCUT2D eigenvalue weighted by Gasteiger charge is 2.08. The van der Waals surface area contributed by atoms with Gasteiger partial charge in [0.25, 0.3) is 5.91 Å². The van der Waals surface area contributed by atoms with Crippen molar-refractivity contribution in [2.24, 2.45) is 0 Å². The molecule has 27 heavy (non-hydrogen) atoms. The molecule has 0 atom stereocenters. The van der Waals surface area contributed by atoms with Crippen LogP contribution >= 0.6 is 0 Å². The number of methoxy groups -OCH3 is 1. The first-order chi connectivity index (χ1) is 13.0. The number of aryl methyl sites for hydroxylation is 1. The van der Waals surface area contributed by atoms with Crippen LogP contribution in [-0.4, -0.2) is 35.3 Å². The third-order valence-electron chi connectivity index (χ3n) is 3.79. The highest BCUT2D eigenvalue weighted by molar-refractivity contribution is 6.04. The molecule has 0 unspecified atom stereocenters. The molecule has 0 saturated carbocycles. The molecule has 0 saturated heterocycles. The molecule has 2 aromatic carbocycles. The van der Waals surface area contributed by atoms with Gasteiger partial charge in [0.1, 0.15) is 6.61 Å². The third kappa shape index (κ3) is 4.80. The van der Waals surface area contributed by atoms with Crippen molar-refractivity contribution >= 4 is 23.2 Å². The number of aromatic nitrogens is 2. The Morgan fingerprint density at radius 1 is 1.07 bits per heavy atom. The molecule has 0 fully saturated rings. The van der Waals surface area contributed by atoms with E-state index in [1.807, 2.05) is 25.3 Å². The fourth-order valence-corrected chi connectivity index (χ4v) is 2.53. The van der Waals surface area contributed by atoms with Crippen molar-refractivity contribution in [1.29, 1.82) is 0 Å². The zero-order chi connectivity index (χ0) is 19.2. The van der Waals surface area contributed by atoms with Crippen LogP contribution in [0.15, 0.2) is 60.9 Å². The summed E-state index contributed by atoms with van der Waals surface area (Å²) >= 11 is 0. The summed E-state index contributed by atoms with van der Waals surface area (Å²) in [7, 11) is 1.45. The number of rotatable bonds is 6. The predicted molar refractivity (Wildman–Crippen MR) is 103 cm³/mol. The first kappa shape index (κ1) is 18.3. The Kier molecular flexibility index (Phi) is 5.63. The Labute approximate surface area is 157 Å². The maximum absolute atomic E-state index is 12.5. The minimum Gasteiger partial charge on any atom is -0.375 e. The van der Waals surface area contributed by atoms with Gasteiger partial charge < -0.3 is 15.4 Å². The second kappa shape index (κ2) is 8.29. The zero-order valence-electron chi connectivity index (χ0n) is 15.1. The highest BCUT2D eigenvalue weighted by atomic mass is 16.5. The fraction of sp³-hybridized carbons (Fsp3) is 0.150. The van der Waals surface area contributed by atoms with Crippen molar-refractivity contribution in [3.8, 4) is 5.69 Å². The van der Waals surface area contributed by atoms with Gasteiger partial charge in [0.2, 0.25) is 5.91 Å². The fourth-order valence-electron chi connectivity index (χ4n) is 2.53. The minimum absolute atomic E-state index is 0.0291. The van der Waals surface area contributed by atoms with E-state index in [1.54, 1.807) is 47.3 Å². The van der Waals surface area contributed by atoms with Gasteiger partial charge in [-0.3, -0.25) is 9.59 Å². The number of carbonyl (C=O) groups excluding carboxylic acids is 2. The quantitative estimate of drug-likeness (QED) is 0.704. The number of ether oxygens (including phenoxy) is 1. The van der Waals surface area contributed by atoms with E-state index in [4.69, 9.17) is 4.74 Å². The summed E-state index contributed by atoms with van der Waals surface area (Å²) in [6, 6.07) is 14.1. The van der Waals surface area contributed by atoms with Crippen molar-refractivity contribution in [3.05, 3.63) is 72.1 Å². The summed E-state index contributed by atoms with van der Waals surface area (Å²) in [5.74, 6) is -0.496. The van der Waals surface area contributed by atoms with Gasteiger partial charge >= 0.3 is 0 Å². The number of carbonyl (C=O) groups is 2. The SMILES string of the molecule is COCC(=O)Nc1cccc(NC(=O)c2ccc(-n3cc(C)cn3)cc2)c1. The Morgan fingerprint density at radius 2 is 1.78 bits per heavy atom. The Hall–Kier alpha value is -3.45. The number of benzene rings is 2. The first-order valence-corrected chi connectivity index (χ1v) is 8.37. The van der Waals surface area contributed by atoms with Crippen LogP contribution < -0.4 is 10.6 Å². The third-order valence-corrected chi connectivity index (χ3v) is 3.79. The van der Waals surface area contributed by atoms with Gasteiger partial charge in [-0.2, -0.15) is 5.10 Å². The van der Waals surface area contributed by atoms with E-state index < -0.39 is 0 Å². The van der Waals surface area contributed by atoms with Crippen LogP contribution in [0, 0.1) is 6.92 Å². The molecule has 1 heterocycles. The van der Waals surface area contributed by atoms with Crippen molar-refractivity contribution < 1.29 is 14.3 Å². The average Bonchev–Trinajstić information content (AvgIpc) is 3.09. The number of hydrogen-bond donors (Lipinski definition) is 2. The summed E-state index contributed by atoms with van der Waals surface area (Å²) in [6.45, 7) is 1.94. The number of hydrogen-bond acceptors (Lipinski definition) is 4. The van der Waals surface area contributed by atoms with Crippen molar-refractivity contribution in [3.63, 3.8) is 0 Å². The molecular weight excluding hydrogens is 344 g/mol. The normalized spacial score (nSPS) is 10.4. The maximum atomic E-state index is 12.5. The molecular formula is C20H20N4O3. The second-order valence-corrected chi connectivity index (χ2v) is 6.03. The summed E-state index contributed by atoms with van der Waals surface area (Å²) in [4.78, 5) is 24.0. The molecule has 0 spiro atoms. The van der Waals surface area contributed by atoms with Crippen LogP contribution in [0.25, 0.3) is 5.69 Å². The van der Waals surface area contributed by atoms with Gasteiger partial charge in [-0.05, 0) is 55.0 Å². The van der Waals surface area contributed by atoms with E-state index in [2.05, 4.69) is 15.7 Å². The van der Waals surface area contributed by atoms with Crippen LogP contribution in [-0.2, 0) is 9.53 Å². The van der Waals surface area contributed by atoms with Crippen molar-refractivity contribution in [1.82, 2.24) is 9.78 Å². The van der Waals surface area contributed by atoms with E-state index >= 15 is 0 Å². The molecule has 138 valence electrons. The largest absolute Gasteiger partial charge is 0.375 e. The average molecular weight is 364 g/mol. The molecule has 3 aromatic rings. The summed E-state index contributed by atoms with van der Waals surface area (Å²) < 4.78 is 6.54. The molecule has 0 aliphatic heterocycles. The Morgan fingerprint density at radius 3 is 2.41 bits per heavy atom. The van der Waals surface area contributed by atoms with Crippen LogP contribution in [0.4, 0.5) is 11.4 Å². The Bertz CT molecular complexity index is 948. The summed E-state index contributed by atoms with van der Waals surface area (Å²) in [5.41, 5.74) is 3.63. The predicted octanol–water partition coefficient (Wildman–Crippen LogP) is 3.02. The van der Waals surface area contributed by atoms with E-state index in [0.29, 0.717) is 16.9 Å². The molecule has 0 radical (unpaired) electrons. The lowest BCUT2D eigenvalue weighted by Crippen LogP contribution is -2.17. The molecule has 3 rings (SSSR count). The van der Waals surface area contributed by atoms with Gasteiger partial charge in [-0.25, -0.2) is 4.68 Å². The Balaban J connectivity index is 1.67. The molecule has 0 aliphatic carbocycles. The monoisotopic (exact) mass is 364 g/mol.